The molecule has 3 aliphatic heterocycles. The van der Waals surface area contributed by atoms with Crippen molar-refractivity contribution in [2.24, 2.45) is 23.7 Å². The molecule has 5 aliphatic rings. The maximum Gasteiger partial charge on any atom is 0.346 e. The minimum Gasteiger partial charge on any atom is -0.486 e. The van der Waals surface area contributed by atoms with Crippen molar-refractivity contribution in [1.29, 1.82) is 0 Å². The third kappa shape index (κ3) is 2.09. The number of carbonyl (C=O) groups excluding carboxylic acids is 3. The Labute approximate surface area is 145 Å². The number of fused-ring (bicyclic) bond motifs is 1. The molecular formula is C19H22O6. The molecule has 1 saturated carbocycles. The van der Waals surface area contributed by atoms with E-state index in [0.29, 0.717) is 12.8 Å². The van der Waals surface area contributed by atoms with Crippen LogP contribution in [0, 0.1) is 23.7 Å². The summed E-state index contributed by atoms with van der Waals surface area (Å²) in [5.74, 6) is -2.27. The first-order valence-corrected chi connectivity index (χ1v) is 8.85. The molecule has 6 heteroatoms. The Bertz CT molecular complexity index is 734. The third-order valence-corrected chi connectivity index (χ3v) is 6.13. The molecule has 1 spiro atoms. The first kappa shape index (κ1) is 16.5. The van der Waals surface area contributed by atoms with E-state index in [1.807, 2.05) is 6.92 Å². The zero-order chi connectivity index (χ0) is 18.1. The van der Waals surface area contributed by atoms with Gasteiger partial charge in [0, 0.05) is 18.3 Å². The van der Waals surface area contributed by atoms with Crippen molar-refractivity contribution in [1.82, 2.24) is 0 Å². The molecule has 3 heterocycles. The van der Waals surface area contributed by atoms with Gasteiger partial charge in [0.15, 0.2) is 22.9 Å². The second-order valence-corrected chi connectivity index (χ2v) is 7.93. The van der Waals surface area contributed by atoms with Crippen LogP contribution in [-0.2, 0) is 23.9 Å². The van der Waals surface area contributed by atoms with Gasteiger partial charge in [-0.1, -0.05) is 26.8 Å². The van der Waals surface area contributed by atoms with Crippen molar-refractivity contribution in [3.8, 4) is 0 Å². The number of hydrogen-bond acceptors (Lipinski definition) is 6. The van der Waals surface area contributed by atoms with Crippen LogP contribution in [0.15, 0.2) is 23.5 Å². The van der Waals surface area contributed by atoms with Crippen molar-refractivity contribution in [2.75, 3.05) is 0 Å². The standard InChI is InChI=1S/C19H22O6/c1-8-6-9(2)14(21)13-17-19(25-18(13)23)7-10(3)16(24-17)15(22)11(19)4-5-12(8)20/h4-5,8-11,15-16,22H,6-7H2,1-3H3/t8-,9+,10+,11+,15+,16+,19+/m0/s1. The number of Topliss-reactive ketones (excluding diaryl/α,β-unsaturated/α-hetero) is 1. The number of aliphatic hydroxyl groups is 1. The SMILES string of the molecule is C[C@@H]1C[C@H](C)C(=O)C=C[C@@H]2[C@@H](O)[C@@H]3OC4=C(C(=O)O[C@@]42C[C@H]3C)C1=O. The highest BCUT2D eigenvalue weighted by molar-refractivity contribution is 6.20. The molecule has 7 atom stereocenters. The van der Waals surface area contributed by atoms with Gasteiger partial charge in [0.25, 0.3) is 0 Å². The molecule has 6 nitrogen and oxygen atoms in total. The third-order valence-electron chi connectivity index (χ3n) is 6.13. The monoisotopic (exact) mass is 346 g/mol. The van der Waals surface area contributed by atoms with E-state index >= 15 is 0 Å². The first-order chi connectivity index (χ1) is 11.8. The van der Waals surface area contributed by atoms with Crippen LogP contribution in [0.1, 0.15) is 33.6 Å². The zero-order valence-corrected chi connectivity index (χ0v) is 14.5. The Balaban J connectivity index is 1.93. The Kier molecular flexibility index (Phi) is 3.48. The summed E-state index contributed by atoms with van der Waals surface area (Å²) in [6, 6.07) is 0. The summed E-state index contributed by atoms with van der Waals surface area (Å²) in [6.07, 6.45) is 2.51. The van der Waals surface area contributed by atoms with Gasteiger partial charge in [-0.25, -0.2) is 4.79 Å². The minimum atomic E-state index is -1.18. The Hall–Kier alpha value is -1.95. The van der Waals surface area contributed by atoms with Crippen LogP contribution in [0.4, 0.5) is 0 Å². The summed E-state index contributed by atoms with van der Waals surface area (Å²) < 4.78 is 11.6. The molecule has 0 unspecified atom stereocenters. The number of rotatable bonds is 0. The van der Waals surface area contributed by atoms with E-state index in [-0.39, 0.29) is 34.7 Å². The molecule has 5 rings (SSSR count). The molecular weight excluding hydrogens is 324 g/mol. The van der Waals surface area contributed by atoms with Gasteiger partial charge < -0.3 is 14.6 Å². The molecule has 0 radical (unpaired) electrons. The Morgan fingerprint density at radius 2 is 1.88 bits per heavy atom. The Morgan fingerprint density at radius 3 is 2.60 bits per heavy atom. The van der Waals surface area contributed by atoms with Gasteiger partial charge in [0.1, 0.15) is 17.8 Å². The average molecular weight is 346 g/mol. The topological polar surface area (TPSA) is 89.9 Å². The number of carbonyl (C=O) groups is 3. The van der Waals surface area contributed by atoms with Crippen LogP contribution in [0.3, 0.4) is 0 Å². The number of ketones is 2. The molecule has 3 fully saturated rings. The molecule has 2 aliphatic carbocycles. The summed E-state index contributed by atoms with van der Waals surface area (Å²) >= 11 is 0. The Morgan fingerprint density at radius 1 is 1.16 bits per heavy atom. The van der Waals surface area contributed by atoms with Crippen molar-refractivity contribution in [2.45, 2.75) is 51.4 Å². The zero-order valence-electron chi connectivity index (χ0n) is 14.5. The smallest absolute Gasteiger partial charge is 0.346 e. The lowest BCUT2D eigenvalue weighted by Gasteiger charge is -2.54. The van der Waals surface area contributed by atoms with Gasteiger partial charge in [-0.3, -0.25) is 9.59 Å². The van der Waals surface area contributed by atoms with Gasteiger partial charge in [0.2, 0.25) is 0 Å². The average Bonchev–Trinajstić information content (AvgIpc) is 2.83. The summed E-state index contributed by atoms with van der Waals surface area (Å²) in [4.78, 5) is 37.8. The lowest BCUT2D eigenvalue weighted by Crippen LogP contribution is -2.63. The van der Waals surface area contributed by atoms with Gasteiger partial charge in [-0.05, 0) is 18.4 Å². The quantitative estimate of drug-likeness (QED) is 0.526. The van der Waals surface area contributed by atoms with E-state index in [4.69, 9.17) is 9.47 Å². The van der Waals surface area contributed by atoms with E-state index in [2.05, 4.69) is 0 Å². The molecule has 0 aromatic rings. The fourth-order valence-corrected chi connectivity index (χ4v) is 4.79. The number of hydrogen-bond donors (Lipinski definition) is 1. The highest BCUT2D eigenvalue weighted by atomic mass is 16.6. The van der Waals surface area contributed by atoms with Crippen molar-refractivity contribution in [3.05, 3.63) is 23.5 Å². The van der Waals surface area contributed by atoms with E-state index < -0.39 is 35.6 Å². The van der Waals surface area contributed by atoms with Crippen LogP contribution < -0.4 is 0 Å². The molecule has 0 aromatic heterocycles. The summed E-state index contributed by atoms with van der Waals surface area (Å²) in [6.45, 7) is 5.41. The van der Waals surface area contributed by atoms with Crippen LogP contribution in [0.2, 0.25) is 0 Å². The summed E-state index contributed by atoms with van der Waals surface area (Å²) in [7, 11) is 0. The predicted molar refractivity (Wildman–Crippen MR) is 86.1 cm³/mol. The number of ether oxygens (including phenoxy) is 2. The van der Waals surface area contributed by atoms with Crippen molar-refractivity contribution < 1.29 is 29.0 Å². The van der Waals surface area contributed by atoms with Crippen molar-refractivity contribution >= 4 is 17.5 Å². The maximum atomic E-state index is 12.9. The fraction of sp³-hybridized carbons (Fsp3) is 0.632. The van der Waals surface area contributed by atoms with Gasteiger partial charge in [-0.2, -0.15) is 0 Å². The number of allylic oxidation sites excluding steroid dienone is 1. The van der Waals surface area contributed by atoms with Gasteiger partial charge in [-0.15, -0.1) is 0 Å². The normalized spacial score (nSPS) is 46.0. The molecule has 134 valence electrons. The molecule has 0 amide bonds. The second kappa shape index (κ2) is 5.27. The maximum absolute atomic E-state index is 12.9. The largest absolute Gasteiger partial charge is 0.486 e. The lowest BCUT2D eigenvalue weighted by atomic mass is 9.64. The van der Waals surface area contributed by atoms with Gasteiger partial charge >= 0.3 is 5.97 Å². The van der Waals surface area contributed by atoms with Crippen LogP contribution >= 0.6 is 0 Å². The fourth-order valence-electron chi connectivity index (χ4n) is 4.79. The number of aliphatic hydroxyl groups excluding tert-OH is 1. The predicted octanol–water partition coefficient (Wildman–Crippen LogP) is 1.32. The molecule has 25 heavy (non-hydrogen) atoms. The van der Waals surface area contributed by atoms with Crippen LogP contribution in [0.5, 0.6) is 0 Å². The summed E-state index contributed by atoms with van der Waals surface area (Å²) in [5, 5.41) is 10.7. The van der Waals surface area contributed by atoms with E-state index in [1.165, 1.54) is 6.08 Å². The molecule has 1 N–H and O–H groups in total. The highest BCUT2D eigenvalue weighted by Gasteiger charge is 2.67. The first-order valence-electron chi connectivity index (χ1n) is 8.85. The second-order valence-electron chi connectivity index (χ2n) is 7.93. The molecule has 0 aromatic carbocycles. The van der Waals surface area contributed by atoms with E-state index in [1.54, 1.807) is 19.9 Å². The lowest BCUT2D eigenvalue weighted by molar-refractivity contribution is -0.220. The minimum absolute atomic E-state index is 0.0252. The van der Waals surface area contributed by atoms with Crippen LogP contribution in [-0.4, -0.2) is 40.5 Å². The van der Waals surface area contributed by atoms with Crippen LogP contribution in [0.25, 0.3) is 0 Å². The van der Waals surface area contributed by atoms with Gasteiger partial charge in [0.05, 0.1) is 5.92 Å². The molecule has 2 saturated heterocycles. The highest BCUT2D eigenvalue weighted by Crippen LogP contribution is 2.56. The van der Waals surface area contributed by atoms with Crippen molar-refractivity contribution in [3.63, 3.8) is 0 Å². The summed E-state index contributed by atoms with van der Waals surface area (Å²) in [5.41, 5.74) is -1.21. The number of esters is 1. The molecule has 5 bridgehead atoms. The van der Waals surface area contributed by atoms with E-state index in [0.717, 1.165) is 0 Å². The van der Waals surface area contributed by atoms with E-state index in [9.17, 15) is 19.5 Å².